The minimum absolute atomic E-state index is 0.563. The van der Waals surface area contributed by atoms with E-state index in [4.69, 9.17) is 5.11 Å². The lowest BCUT2D eigenvalue weighted by molar-refractivity contribution is -0.541. The third-order valence-corrected chi connectivity index (χ3v) is 2.64. The fourth-order valence-corrected chi connectivity index (χ4v) is 1.77. The third kappa shape index (κ3) is 1.89. The van der Waals surface area contributed by atoms with Crippen LogP contribution in [0.5, 0.6) is 0 Å². The second-order valence-corrected chi connectivity index (χ2v) is 4.71. The molecule has 0 bridgehead atoms. The zero-order valence-corrected chi connectivity index (χ0v) is 9.81. The highest BCUT2D eigenvalue weighted by atomic mass is 19.4. The molecule has 0 spiro atoms. The molecule has 9 heteroatoms. The van der Waals surface area contributed by atoms with Crippen LogP contribution in [-0.4, -0.2) is 46.1 Å². The summed E-state index contributed by atoms with van der Waals surface area (Å²) in [6.07, 6.45) is -5.76. The van der Waals surface area contributed by atoms with E-state index in [0.29, 0.717) is 6.92 Å². The Morgan fingerprint density at radius 1 is 1.06 bits per heavy atom. The monoisotopic (exact) mass is 280 g/mol. The highest BCUT2D eigenvalue weighted by Gasteiger charge is 2.81. The largest absolute Gasteiger partial charge is 0.449 e. The van der Waals surface area contributed by atoms with Gasteiger partial charge in [-0.3, -0.25) is 0 Å². The summed E-state index contributed by atoms with van der Waals surface area (Å²) in [4.78, 5) is 0. The lowest BCUT2D eigenvalue weighted by Crippen LogP contribution is -2.77. The van der Waals surface area contributed by atoms with E-state index in [1.165, 1.54) is 0 Å². The molecule has 2 N–H and O–H groups in total. The van der Waals surface area contributed by atoms with Gasteiger partial charge in [-0.15, -0.1) is 0 Å². The molecule has 2 unspecified atom stereocenters. The molecule has 0 radical (unpaired) electrons. The van der Waals surface area contributed by atoms with E-state index in [2.05, 4.69) is 9.47 Å². The smallest absolute Gasteiger partial charge is 0.393 e. The van der Waals surface area contributed by atoms with Gasteiger partial charge < -0.3 is 19.7 Å². The SMILES string of the molecule is CC1(C)OC(C)(CO)C(F)(F)C(O)(C(F)(F)F)O1. The van der Waals surface area contributed by atoms with Crippen LogP contribution in [0.4, 0.5) is 22.0 Å². The van der Waals surface area contributed by atoms with Crippen LogP contribution in [-0.2, 0) is 9.47 Å². The normalized spacial score (nSPS) is 39.7. The van der Waals surface area contributed by atoms with E-state index in [0.717, 1.165) is 13.8 Å². The molecule has 108 valence electrons. The molecular formula is C9H13F5O4. The zero-order chi connectivity index (χ0) is 14.6. The van der Waals surface area contributed by atoms with E-state index >= 15 is 0 Å². The summed E-state index contributed by atoms with van der Waals surface area (Å²) in [5, 5.41) is 18.1. The number of rotatable bonds is 1. The molecule has 1 heterocycles. The lowest BCUT2D eigenvalue weighted by atomic mass is 9.88. The molecule has 4 nitrogen and oxygen atoms in total. The maximum atomic E-state index is 13.8. The van der Waals surface area contributed by atoms with Crippen molar-refractivity contribution in [2.45, 2.75) is 50.0 Å². The van der Waals surface area contributed by atoms with E-state index in [1.807, 2.05) is 0 Å². The Morgan fingerprint density at radius 3 is 1.83 bits per heavy atom. The summed E-state index contributed by atoms with van der Waals surface area (Å²) in [7, 11) is 0. The molecule has 2 atom stereocenters. The topological polar surface area (TPSA) is 58.9 Å². The van der Waals surface area contributed by atoms with Crippen LogP contribution in [0.1, 0.15) is 20.8 Å². The van der Waals surface area contributed by atoms with Crippen LogP contribution in [0.2, 0.25) is 0 Å². The van der Waals surface area contributed by atoms with Crippen LogP contribution in [0, 0.1) is 0 Å². The van der Waals surface area contributed by atoms with Crippen molar-refractivity contribution in [3.05, 3.63) is 0 Å². The molecule has 1 aliphatic rings. The number of aliphatic hydroxyl groups excluding tert-OH is 1. The summed E-state index contributed by atoms with van der Waals surface area (Å²) >= 11 is 0. The predicted octanol–water partition coefficient (Wildman–Crippen LogP) is 1.41. The lowest BCUT2D eigenvalue weighted by Gasteiger charge is -2.54. The molecule has 0 aliphatic carbocycles. The first kappa shape index (κ1) is 15.5. The average Bonchev–Trinajstić information content (AvgIpc) is 2.11. The Hall–Kier alpha value is -0.510. The van der Waals surface area contributed by atoms with Gasteiger partial charge in [0, 0.05) is 0 Å². The summed E-state index contributed by atoms with van der Waals surface area (Å²) in [6.45, 7) is 0.985. The van der Waals surface area contributed by atoms with E-state index in [-0.39, 0.29) is 0 Å². The van der Waals surface area contributed by atoms with Crippen LogP contribution in [0.15, 0.2) is 0 Å². The Morgan fingerprint density at radius 2 is 1.50 bits per heavy atom. The highest BCUT2D eigenvalue weighted by Crippen LogP contribution is 2.55. The standard InChI is InChI=1S/C9H13F5O4/c1-5(2)17-6(3,4-15)7(10,11)8(16,18-5)9(12,13)14/h15-16H,4H2,1-3H3. The van der Waals surface area contributed by atoms with Crippen molar-refractivity contribution in [2.75, 3.05) is 6.61 Å². The molecule has 18 heavy (non-hydrogen) atoms. The zero-order valence-electron chi connectivity index (χ0n) is 9.81. The van der Waals surface area contributed by atoms with Crippen molar-refractivity contribution in [1.82, 2.24) is 0 Å². The summed E-state index contributed by atoms with van der Waals surface area (Å²) in [6, 6.07) is 0. The van der Waals surface area contributed by atoms with Gasteiger partial charge in [0.1, 0.15) is 0 Å². The minimum Gasteiger partial charge on any atom is -0.393 e. The van der Waals surface area contributed by atoms with Crippen LogP contribution in [0.25, 0.3) is 0 Å². The van der Waals surface area contributed by atoms with Crippen molar-refractivity contribution in [3.8, 4) is 0 Å². The molecule has 0 aromatic rings. The molecular weight excluding hydrogens is 267 g/mol. The van der Waals surface area contributed by atoms with Crippen LogP contribution >= 0.6 is 0 Å². The first-order valence-electron chi connectivity index (χ1n) is 4.90. The van der Waals surface area contributed by atoms with E-state index < -0.39 is 35.9 Å². The molecule has 0 saturated carbocycles. The Kier molecular flexibility index (Phi) is 3.24. The number of aliphatic hydroxyl groups is 2. The molecule has 1 fully saturated rings. The summed E-state index contributed by atoms with van der Waals surface area (Å²) < 4.78 is 74.1. The molecule has 1 rings (SSSR count). The first-order chi connectivity index (χ1) is 7.72. The quantitative estimate of drug-likeness (QED) is 0.713. The Bertz CT molecular complexity index is 342. The summed E-state index contributed by atoms with van der Waals surface area (Å²) in [5.41, 5.74) is -2.93. The van der Waals surface area contributed by atoms with Gasteiger partial charge in [-0.25, -0.2) is 0 Å². The average molecular weight is 280 g/mol. The number of alkyl halides is 5. The van der Waals surface area contributed by atoms with E-state index in [1.54, 1.807) is 0 Å². The number of hydrogen-bond acceptors (Lipinski definition) is 4. The molecule has 1 saturated heterocycles. The first-order valence-corrected chi connectivity index (χ1v) is 4.90. The fourth-order valence-electron chi connectivity index (χ4n) is 1.77. The highest BCUT2D eigenvalue weighted by molar-refractivity contribution is 5.07. The van der Waals surface area contributed by atoms with Gasteiger partial charge in [0.25, 0.3) is 0 Å². The maximum Gasteiger partial charge on any atom is 0.449 e. The van der Waals surface area contributed by atoms with Gasteiger partial charge in [-0.1, -0.05) is 0 Å². The minimum atomic E-state index is -5.76. The number of ether oxygens (including phenoxy) is 2. The number of halogens is 5. The van der Waals surface area contributed by atoms with Gasteiger partial charge in [-0.2, -0.15) is 22.0 Å². The number of hydrogen-bond donors (Lipinski definition) is 2. The van der Waals surface area contributed by atoms with Gasteiger partial charge in [0.15, 0.2) is 11.4 Å². The van der Waals surface area contributed by atoms with Gasteiger partial charge >= 0.3 is 17.9 Å². The Balaban J connectivity index is 3.42. The fraction of sp³-hybridized carbons (Fsp3) is 1.00. The predicted molar refractivity (Wildman–Crippen MR) is 47.7 cm³/mol. The molecule has 0 aromatic carbocycles. The van der Waals surface area contributed by atoms with Crippen LogP contribution < -0.4 is 0 Å². The van der Waals surface area contributed by atoms with Crippen molar-refractivity contribution < 1.29 is 41.6 Å². The summed E-state index contributed by atoms with van der Waals surface area (Å²) in [5.74, 6) is -11.8. The molecule has 1 aliphatic heterocycles. The van der Waals surface area contributed by atoms with Crippen molar-refractivity contribution in [1.29, 1.82) is 0 Å². The van der Waals surface area contributed by atoms with Crippen molar-refractivity contribution in [3.63, 3.8) is 0 Å². The van der Waals surface area contributed by atoms with Crippen molar-refractivity contribution in [2.24, 2.45) is 0 Å². The third-order valence-electron chi connectivity index (χ3n) is 2.64. The van der Waals surface area contributed by atoms with Crippen molar-refractivity contribution >= 4 is 0 Å². The van der Waals surface area contributed by atoms with E-state index in [9.17, 15) is 27.1 Å². The molecule has 0 aromatic heterocycles. The van der Waals surface area contributed by atoms with Crippen LogP contribution in [0.3, 0.4) is 0 Å². The second kappa shape index (κ2) is 3.75. The maximum absolute atomic E-state index is 13.8. The molecule has 0 amide bonds. The van der Waals surface area contributed by atoms with Gasteiger partial charge in [0.2, 0.25) is 0 Å². The van der Waals surface area contributed by atoms with Gasteiger partial charge in [0.05, 0.1) is 6.61 Å². The Labute approximate surface area is 99.3 Å². The second-order valence-electron chi connectivity index (χ2n) is 4.71. The van der Waals surface area contributed by atoms with Gasteiger partial charge in [-0.05, 0) is 20.8 Å².